The van der Waals surface area contributed by atoms with Crippen LogP contribution in [-0.2, 0) is 9.53 Å². The Morgan fingerprint density at radius 1 is 1.30 bits per heavy atom. The molecule has 0 aliphatic carbocycles. The lowest BCUT2D eigenvalue weighted by atomic mass is 10.0. The van der Waals surface area contributed by atoms with Gasteiger partial charge in [-0.05, 0) is 24.5 Å². The molecule has 1 aliphatic rings. The molecule has 2 rings (SSSR count). The van der Waals surface area contributed by atoms with Crippen molar-refractivity contribution in [1.29, 1.82) is 0 Å². The van der Waals surface area contributed by atoms with Crippen molar-refractivity contribution in [2.24, 2.45) is 5.92 Å². The fourth-order valence-corrected chi connectivity index (χ4v) is 2.91. The van der Waals surface area contributed by atoms with Gasteiger partial charge in [-0.25, -0.2) is 13.5 Å². The average Bonchev–Trinajstić information content (AvgIpc) is 2.73. The fraction of sp³-hybridized carbons (Fsp3) is 0.429. The van der Waals surface area contributed by atoms with E-state index in [-0.39, 0.29) is 23.9 Å². The third-order valence-corrected chi connectivity index (χ3v) is 4.35. The Labute approximate surface area is 151 Å². The van der Waals surface area contributed by atoms with Gasteiger partial charge in [-0.15, -0.1) is 0 Å². The van der Waals surface area contributed by atoms with E-state index in [4.69, 9.17) is 0 Å². The van der Waals surface area contributed by atoms with Crippen molar-refractivity contribution >= 4 is 50.2 Å². The number of nitrogens with zero attached hydrogens (tertiary/aromatic N) is 3. The molecule has 1 aromatic heterocycles. The van der Waals surface area contributed by atoms with Gasteiger partial charge in [0.2, 0.25) is 0 Å². The van der Waals surface area contributed by atoms with Crippen molar-refractivity contribution in [2.75, 3.05) is 7.11 Å². The van der Waals surface area contributed by atoms with E-state index in [0.717, 1.165) is 3.93 Å². The van der Waals surface area contributed by atoms with E-state index in [1.807, 2.05) is 13.8 Å². The van der Waals surface area contributed by atoms with Gasteiger partial charge in [0.25, 0.3) is 5.91 Å². The molecule has 2 heterocycles. The predicted molar refractivity (Wildman–Crippen MR) is 90.8 cm³/mol. The van der Waals surface area contributed by atoms with Crippen LogP contribution >= 0.6 is 32.3 Å². The Morgan fingerprint density at radius 3 is 2.26 bits per heavy atom. The molecule has 0 spiro atoms. The summed E-state index contributed by atoms with van der Waals surface area (Å²) in [6, 6.07) is 2.46. The third kappa shape index (κ3) is 5.28. The van der Waals surface area contributed by atoms with E-state index >= 15 is 0 Å². The predicted octanol–water partition coefficient (Wildman–Crippen LogP) is 3.15. The molecule has 1 aliphatic heterocycles. The first kappa shape index (κ1) is 19.6. The largest absolute Gasteiger partial charge is 0.465 e. The molecule has 1 saturated heterocycles. The van der Waals surface area contributed by atoms with Crippen LogP contribution in [0.25, 0.3) is 0 Å². The van der Waals surface area contributed by atoms with Crippen LogP contribution in [-0.4, -0.2) is 43.9 Å². The van der Waals surface area contributed by atoms with Crippen molar-refractivity contribution in [3.05, 3.63) is 30.1 Å². The van der Waals surface area contributed by atoms with Crippen LogP contribution in [0.1, 0.15) is 30.6 Å². The number of carbonyl (C=O) groups excluding carboxylic acids is 3. The molecule has 126 valence electrons. The third-order valence-electron chi connectivity index (χ3n) is 2.90. The van der Waals surface area contributed by atoms with Gasteiger partial charge in [-0.3, -0.25) is 9.78 Å². The van der Waals surface area contributed by atoms with E-state index in [2.05, 4.69) is 42.0 Å². The zero-order valence-corrected chi connectivity index (χ0v) is 16.1. The maximum Gasteiger partial charge on any atom is 0.347 e. The van der Waals surface area contributed by atoms with Crippen molar-refractivity contribution in [3.8, 4) is 0 Å². The lowest BCUT2D eigenvalue weighted by molar-refractivity contribution is -0.124. The van der Waals surface area contributed by atoms with Gasteiger partial charge in [0.05, 0.1) is 45.0 Å². The number of pyridine rings is 1. The van der Waals surface area contributed by atoms with Crippen molar-refractivity contribution in [3.63, 3.8) is 0 Å². The highest BCUT2D eigenvalue weighted by molar-refractivity contribution is 9.08. The summed E-state index contributed by atoms with van der Waals surface area (Å²) < 4.78 is 6.70. The number of aromatic nitrogens is 1. The number of methoxy groups -OCH3 is 1. The molecular weight excluding hydrogens is 434 g/mol. The Morgan fingerprint density at radius 2 is 1.87 bits per heavy atom. The average molecular weight is 451 g/mol. The summed E-state index contributed by atoms with van der Waals surface area (Å²) in [5, 5.41) is 0. The molecule has 1 fully saturated rings. The normalized spacial score (nSPS) is 17.2. The van der Waals surface area contributed by atoms with Gasteiger partial charge in [-0.2, -0.15) is 3.93 Å². The highest BCUT2D eigenvalue weighted by Crippen LogP contribution is 2.27. The topological polar surface area (TPSA) is 79.8 Å². The summed E-state index contributed by atoms with van der Waals surface area (Å²) in [4.78, 5) is 37.2. The zero-order valence-electron chi connectivity index (χ0n) is 12.9. The molecule has 1 atom stereocenters. The standard InChI is InChI=1S/C7H10Br2N2O2.C7H7NO2/c1-4(2)3-5-6(12)11(9)7(13)10(5)8;1-10-7(9)6-2-4-8-5-3-6/h4-5H,3H2,1-2H3;2-5H,1H3/t5-;/m0./s1. The number of imide groups is 1. The minimum Gasteiger partial charge on any atom is -0.465 e. The van der Waals surface area contributed by atoms with Crippen LogP contribution in [0, 0.1) is 5.92 Å². The van der Waals surface area contributed by atoms with E-state index in [0.29, 0.717) is 17.9 Å². The maximum absolute atomic E-state index is 11.4. The highest BCUT2D eigenvalue weighted by atomic mass is 79.9. The molecule has 0 aromatic carbocycles. The van der Waals surface area contributed by atoms with Crippen LogP contribution in [0.4, 0.5) is 4.79 Å². The van der Waals surface area contributed by atoms with Crippen LogP contribution in [0.15, 0.2) is 24.5 Å². The SMILES string of the molecule is CC(C)C[C@H]1C(=O)N(Br)C(=O)N1Br.COC(=O)c1ccncc1. The number of esters is 1. The molecule has 0 saturated carbocycles. The van der Waals surface area contributed by atoms with E-state index < -0.39 is 0 Å². The summed E-state index contributed by atoms with van der Waals surface area (Å²) in [6.07, 6.45) is 3.76. The minimum absolute atomic E-state index is 0.212. The summed E-state index contributed by atoms with van der Waals surface area (Å²) in [6.45, 7) is 4.02. The van der Waals surface area contributed by atoms with E-state index in [1.54, 1.807) is 24.5 Å². The number of hydrogen-bond acceptors (Lipinski definition) is 5. The Hall–Kier alpha value is -1.48. The molecule has 0 unspecified atom stereocenters. The number of urea groups is 1. The van der Waals surface area contributed by atoms with Crippen LogP contribution in [0.5, 0.6) is 0 Å². The van der Waals surface area contributed by atoms with E-state index in [1.165, 1.54) is 11.0 Å². The van der Waals surface area contributed by atoms with Crippen LogP contribution in [0.3, 0.4) is 0 Å². The molecule has 9 heteroatoms. The molecule has 7 nitrogen and oxygen atoms in total. The second-order valence-electron chi connectivity index (χ2n) is 5.09. The molecular formula is C14H17Br2N3O4. The quantitative estimate of drug-likeness (QED) is 0.401. The highest BCUT2D eigenvalue weighted by Gasteiger charge is 2.43. The van der Waals surface area contributed by atoms with Crippen LogP contribution in [0.2, 0.25) is 0 Å². The summed E-state index contributed by atoms with van der Waals surface area (Å²) in [5.41, 5.74) is 0.525. The maximum atomic E-state index is 11.4. The van der Waals surface area contributed by atoms with Crippen molar-refractivity contribution in [1.82, 2.24) is 12.8 Å². The molecule has 3 amide bonds. The fourth-order valence-electron chi connectivity index (χ4n) is 1.78. The Kier molecular flexibility index (Phi) is 7.63. The first-order valence-electron chi connectivity index (χ1n) is 6.76. The van der Waals surface area contributed by atoms with Crippen molar-refractivity contribution in [2.45, 2.75) is 26.3 Å². The van der Waals surface area contributed by atoms with Crippen molar-refractivity contribution < 1.29 is 19.1 Å². The second-order valence-corrected chi connectivity index (χ2v) is 6.56. The monoisotopic (exact) mass is 449 g/mol. The number of carbonyl (C=O) groups is 3. The van der Waals surface area contributed by atoms with Gasteiger partial charge in [0, 0.05) is 12.4 Å². The minimum atomic E-state index is -0.383. The number of hydrogen-bond donors (Lipinski definition) is 0. The van der Waals surface area contributed by atoms with Gasteiger partial charge >= 0.3 is 12.0 Å². The summed E-state index contributed by atoms with van der Waals surface area (Å²) >= 11 is 5.97. The Balaban J connectivity index is 0.000000238. The molecule has 0 N–H and O–H groups in total. The van der Waals surface area contributed by atoms with Gasteiger partial charge in [0.1, 0.15) is 6.04 Å². The van der Waals surface area contributed by atoms with Gasteiger partial charge in [-0.1, -0.05) is 13.8 Å². The molecule has 1 aromatic rings. The van der Waals surface area contributed by atoms with Gasteiger partial charge in [0.15, 0.2) is 0 Å². The molecule has 23 heavy (non-hydrogen) atoms. The molecule has 0 radical (unpaired) electrons. The first-order chi connectivity index (χ1) is 10.8. The number of amides is 3. The smallest absolute Gasteiger partial charge is 0.347 e. The number of ether oxygens (including phenoxy) is 1. The summed E-state index contributed by atoms with van der Waals surface area (Å²) in [7, 11) is 1.35. The summed E-state index contributed by atoms with van der Waals surface area (Å²) in [5.74, 6) is -0.168. The Bertz CT molecular complexity index is 568. The lowest BCUT2D eigenvalue weighted by Crippen LogP contribution is -2.28. The molecule has 0 bridgehead atoms. The number of halogens is 2. The first-order valence-corrected chi connectivity index (χ1v) is 8.18. The van der Waals surface area contributed by atoms with Gasteiger partial charge < -0.3 is 4.74 Å². The van der Waals surface area contributed by atoms with Crippen LogP contribution < -0.4 is 0 Å². The zero-order chi connectivity index (χ0) is 17.6. The second kappa shape index (κ2) is 8.97. The number of rotatable bonds is 3. The lowest BCUT2D eigenvalue weighted by Gasteiger charge is -2.14. The van der Waals surface area contributed by atoms with E-state index in [9.17, 15) is 14.4 Å².